The third kappa shape index (κ3) is 4.54. The minimum atomic E-state index is -0.524. The Balaban J connectivity index is 2.12. The number of aromatic amines is 1. The summed E-state index contributed by atoms with van der Waals surface area (Å²) in [4.78, 5) is 39.8. The second-order valence-corrected chi connectivity index (χ2v) is 7.23. The second-order valence-electron chi connectivity index (χ2n) is 6.31. The Kier molecular flexibility index (Phi) is 6.26. The van der Waals surface area contributed by atoms with E-state index in [1.807, 2.05) is 12.1 Å². The van der Waals surface area contributed by atoms with Gasteiger partial charge in [-0.25, -0.2) is 4.68 Å². The van der Waals surface area contributed by atoms with Crippen molar-refractivity contribution >= 4 is 39.0 Å². The molecule has 9 nitrogen and oxygen atoms in total. The molecule has 10 heteroatoms. The number of nitro benzene ring substituents is 1. The summed E-state index contributed by atoms with van der Waals surface area (Å²) < 4.78 is 6.78. The van der Waals surface area contributed by atoms with Gasteiger partial charge in [0.2, 0.25) is 0 Å². The van der Waals surface area contributed by atoms with Gasteiger partial charge in [0.05, 0.1) is 46.8 Å². The van der Waals surface area contributed by atoms with Crippen LogP contribution in [0.3, 0.4) is 0 Å². The monoisotopic (exact) mass is 472 g/mol. The molecule has 0 aliphatic heterocycles. The summed E-state index contributed by atoms with van der Waals surface area (Å²) in [5.74, 6) is -0.524. The number of non-ortho nitro benzene ring substituents is 1. The highest BCUT2D eigenvalue weighted by molar-refractivity contribution is 9.10. The third-order valence-electron chi connectivity index (χ3n) is 4.30. The molecule has 2 aromatic carbocycles. The number of ether oxygens (including phenoxy) is 1. The lowest BCUT2D eigenvalue weighted by atomic mass is 10.1. The van der Waals surface area contributed by atoms with E-state index in [1.54, 1.807) is 19.1 Å². The molecule has 0 unspecified atom stereocenters. The van der Waals surface area contributed by atoms with E-state index >= 15 is 0 Å². The highest BCUT2D eigenvalue weighted by Crippen LogP contribution is 2.20. The topological polar surface area (TPSA) is 120 Å². The van der Waals surface area contributed by atoms with E-state index in [-0.39, 0.29) is 17.7 Å². The number of carbonyl (C=O) groups is 1. The largest absolute Gasteiger partial charge is 0.469 e. The Labute approximate surface area is 179 Å². The number of hydrogen-bond acceptors (Lipinski definition) is 6. The lowest BCUT2D eigenvalue weighted by molar-refractivity contribution is -0.384. The molecule has 1 heterocycles. The van der Waals surface area contributed by atoms with Crippen LogP contribution in [0.25, 0.3) is 5.69 Å². The molecular formula is C20H17BrN4O5. The van der Waals surface area contributed by atoms with E-state index in [0.717, 1.165) is 4.47 Å². The first-order valence-corrected chi connectivity index (χ1v) is 9.56. The van der Waals surface area contributed by atoms with Gasteiger partial charge in [-0.15, -0.1) is 0 Å². The van der Waals surface area contributed by atoms with Crippen LogP contribution in [0.1, 0.15) is 18.2 Å². The first-order valence-electron chi connectivity index (χ1n) is 8.77. The molecule has 0 aliphatic rings. The van der Waals surface area contributed by atoms with Gasteiger partial charge in [0, 0.05) is 16.6 Å². The van der Waals surface area contributed by atoms with Crippen LogP contribution in [0, 0.1) is 10.1 Å². The molecule has 0 aliphatic carbocycles. The molecule has 154 valence electrons. The minimum absolute atomic E-state index is 0.0965. The van der Waals surface area contributed by atoms with Crippen molar-refractivity contribution in [3.63, 3.8) is 0 Å². The van der Waals surface area contributed by atoms with Gasteiger partial charge < -0.3 is 4.74 Å². The zero-order valence-corrected chi connectivity index (χ0v) is 17.7. The van der Waals surface area contributed by atoms with Gasteiger partial charge in [-0.2, -0.15) is 0 Å². The maximum absolute atomic E-state index is 13.1. The average molecular weight is 473 g/mol. The number of esters is 1. The minimum Gasteiger partial charge on any atom is -0.469 e. The van der Waals surface area contributed by atoms with Crippen molar-refractivity contribution in [2.45, 2.75) is 13.3 Å². The number of aromatic nitrogens is 2. The number of nitrogens with zero attached hydrogens (tertiary/aromatic N) is 3. The molecule has 0 fully saturated rings. The van der Waals surface area contributed by atoms with Crippen molar-refractivity contribution in [3.05, 3.63) is 84.7 Å². The van der Waals surface area contributed by atoms with Crippen LogP contribution in [0.2, 0.25) is 0 Å². The number of nitrogens with one attached hydrogen (secondary N) is 1. The van der Waals surface area contributed by atoms with Gasteiger partial charge in [0.1, 0.15) is 0 Å². The molecule has 3 aromatic rings. The average Bonchev–Trinajstić information content (AvgIpc) is 3.03. The van der Waals surface area contributed by atoms with E-state index in [0.29, 0.717) is 22.8 Å². The van der Waals surface area contributed by atoms with Crippen molar-refractivity contribution in [2.75, 3.05) is 7.11 Å². The van der Waals surface area contributed by atoms with Crippen LogP contribution in [0.4, 0.5) is 11.4 Å². The molecule has 0 atom stereocenters. The highest BCUT2D eigenvalue weighted by Gasteiger charge is 2.21. The van der Waals surface area contributed by atoms with Gasteiger partial charge in [-0.3, -0.25) is 29.8 Å². The first kappa shape index (κ1) is 21.2. The summed E-state index contributed by atoms with van der Waals surface area (Å²) in [6.07, 6.45) is -0.160. The number of halogens is 1. The molecule has 0 radical (unpaired) electrons. The van der Waals surface area contributed by atoms with Crippen LogP contribution < -0.4 is 5.56 Å². The number of methoxy groups -OCH3 is 1. The van der Waals surface area contributed by atoms with Crippen LogP contribution >= 0.6 is 15.9 Å². The highest BCUT2D eigenvalue weighted by atomic mass is 79.9. The van der Waals surface area contributed by atoms with E-state index in [1.165, 1.54) is 36.1 Å². The molecule has 3 rings (SSSR count). The summed E-state index contributed by atoms with van der Waals surface area (Å²) in [5, 5.41) is 13.8. The molecule has 0 spiro atoms. The van der Waals surface area contributed by atoms with Gasteiger partial charge in [0.15, 0.2) is 0 Å². The van der Waals surface area contributed by atoms with Gasteiger partial charge in [0.25, 0.3) is 11.2 Å². The van der Waals surface area contributed by atoms with Crippen LogP contribution in [0.5, 0.6) is 0 Å². The zero-order valence-electron chi connectivity index (χ0n) is 16.1. The lowest BCUT2D eigenvalue weighted by Crippen LogP contribution is -2.20. The third-order valence-corrected chi connectivity index (χ3v) is 4.79. The predicted molar refractivity (Wildman–Crippen MR) is 115 cm³/mol. The summed E-state index contributed by atoms with van der Waals surface area (Å²) in [7, 11) is 1.26. The summed E-state index contributed by atoms with van der Waals surface area (Å²) >= 11 is 3.38. The van der Waals surface area contributed by atoms with E-state index in [9.17, 15) is 19.7 Å². The van der Waals surface area contributed by atoms with Crippen molar-refractivity contribution in [2.24, 2.45) is 4.99 Å². The van der Waals surface area contributed by atoms with Crippen LogP contribution in [-0.2, 0) is 16.0 Å². The quantitative estimate of drug-likeness (QED) is 0.254. The van der Waals surface area contributed by atoms with Crippen molar-refractivity contribution in [1.82, 2.24) is 9.78 Å². The lowest BCUT2D eigenvalue weighted by Gasteiger charge is -2.02. The molecular weight excluding hydrogens is 456 g/mol. The van der Waals surface area contributed by atoms with Crippen LogP contribution in [0.15, 0.2) is 62.8 Å². The molecule has 30 heavy (non-hydrogen) atoms. The Bertz CT molecular complexity index is 1190. The van der Waals surface area contributed by atoms with Crippen molar-refractivity contribution in [3.8, 4) is 5.69 Å². The Morgan fingerprint density at radius 3 is 2.57 bits per heavy atom. The first-order chi connectivity index (χ1) is 14.3. The van der Waals surface area contributed by atoms with Gasteiger partial charge in [-0.05, 0) is 37.3 Å². The predicted octanol–water partition coefficient (Wildman–Crippen LogP) is 3.69. The summed E-state index contributed by atoms with van der Waals surface area (Å²) in [6.45, 7) is 1.67. The Hall–Kier alpha value is -3.53. The van der Waals surface area contributed by atoms with E-state index < -0.39 is 16.5 Å². The van der Waals surface area contributed by atoms with E-state index in [2.05, 4.69) is 26.0 Å². The Morgan fingerprint density at radius 2 is 1.97 bits per heavy atom. The molecule has 1 aromatic heterocycles. The smallest absolute Gasteiger partial charge is 0.311 e. The summed E-state index contributed by atoms with van der Waals surface area (Å²) in [5.41, 5.74) is 1.47. The number of carbonyl (C=O) groups excluding carboxylic acids is 1. The normalized spacial score (nSPS) is 11.4. The Morgan fingerprint density at radius 1 is 1.27 bits per heavy atom. The second kappa shape index (κ2) is 8.87. The number of rotatable bonds is 6. The fourth-order valence-corrected chi connectivity index (χ4v) is 3.29. The number of nitro groups is 1. The number of hydrogen-bond donors (Lipinski definition) is 1. The van der Waals surface area contributed by atoms with Gasteiger partial charge in [-0.1, -0.05) is 22.0 Å². The van der Waals surface area contributed by atoms with Gasteiger partial charge >= 0.3 is 5.97 Å². The summed E-state index contributed by atoms with van der Waals surface area (Å²) in [6, 6.07) is 12.7. The number of aliphatic imine (C=N–C) groups is 1. The van der Waals surface area contributed by atoms with E-state index in [4.69, 9.17) is 4.74 Å². The SMILES string of the molecule is COC(=O)Cc1[nH]n(-c2ccc([N+](=O)[O-])cc2)c(=O)c1C(C)=Nc1cccc(Br)c1. The van der Waals surface area contributed by atoms with Crippen LogP contribution in [-0.4, -0.2) is 33.5 Å². The maximum atomic E-state index is 13.1. The standard InChI is InChI=1S/C20H17BrN4O5/c1-12(22-14-5-3-4-13(21)10-14)19-17(11-18(26)30-2)23-24(20(19)27)15-6-8-16(9-7-15)25(28)29/h3-10,23H,11H2,1-2H3. The fraction of sp³-hybridized carbons (Fsp3) is 0.150. The molecule has 0 saturated heterocycles. The maximum Gasteiger partial charge on any atom is 0.311 e. The molecule has 0 bridgehead atoms. The zero-order chi connectivity index (χ0) is 21.8. The van der Waals surface area contributed by atoms with Crippen molar-refractivity contribution < 1.29 is 14.5 Å². The number of H-pyrrole nitrogens is 1. The van der Waals surface area contributed by atoms with Crippen molar-refractivity contribution in [1.29, 1.82) is 0 Å². The molecule has 1 N–H and O–H groups in total. The number of benzene rings is 2. The fourth-order valence-electron chi connectivity index (χ4n) is 2.90. The molecule has 0 saturated carbocycles. The molecule has 0 amide bonds.